The predicted octanol–water partition coefficient (Wildman–Crippen LogP) is 2.61. The number of aryl methyl sites for hydroxylation is 1. The van der Waals surface area contributed by atoms with Crippen LogP contribution in [0.5, 0.6) is 0 Å². The summed E-state index contributed by atoms with van der Waals surface area (Å²) in [4.78, 5) is 3.96. The molecule has 3 N–H and O–H groups in total. The SMILES string of the molecule is CC.CC(=N)N.CCc1cccnc1. The van der Waals surface area contributed by atoms with Crippen LogP contribution in [0.4, 0.5) is 0 Å². The summed E-state index contributed by atoms with van der Waals surface area (Å²) in [6.07, 6.45) is 4.76. The maximum Gasteiger partial charge on any atom is 0.0873 e. The third kappa shape index (κ3) is 13.2. The number of nitrogens with two attached hydrogens (primary N) is 1. The molecule has 0 saturated carbocycles. The van der Waals surface area contributed by atoms with Gasteiger partial charge in [0.25, 0.3) is 0 Å². The molecular weight excluding hydrogens is 174 g/mol. The Morgan fingerprint density at radius 2 is 2.00 bits per heavy atom. The van der Waals surface area contributed by atoms with E-state index in [9.17, 15) is 0 Å². The molecule has 1 aromatic rings. The maximum atomic E-state index is 6.28. The molecule has 3 nitrogen and oxygen atoms in total. The number of aromatic nitrogens is 1. The van der Waals surface area contributed by atoms with E-state index in [1.54, 1.807) is 6.20 Å². The number of amidine groups is 1. The summed E-state index contributed by atoms with van der Waals surface area (Å²) in [5, 5.41) is 6.28. The van der Waals surface area contributed by atoms with Crippen molar-refractivity contribution in [3.63, 3.8) is 0 Å². The van der Waals surface area contributed by atoms with Crippen molar-refractivity contribution in [2.24, 2.45) is 5.73 Å². The molecule has 0 radical (unpaired) electrons. The second-order valence-corrected chi connectivity index (χ2v) is 2.40. The van der Waals surface area contributed by atoms with E-state index >= 15 is 0 Å². The molecule has 1 rings (SSSR count). The van der Waals surface area contributed by atoms with Crippen LogP contribution in [0.25, 0.3) is 0 Å². The van der Waals surface area contributed by atoms with Gasteiger partial charge < -0.3 is 5.73 Å². The van der Waals surface area contributed by atoms with Crippen molar-refractivity contribution in [1.29, 1.82) is 5.41 Å². The van der Waals surface area contributed by atoms with E-state index in [0.717, 1.165) is 6.42 Å². The van der Waals surface area contributed by atoms with Crippen molar-refractivity contribution in [1.82, 2.24) is 4.98 Å². The summed E-state index contributed by atoms with van der Waals surface area (Å²) in [6.45, 7) is 7.65. The number of hydrogen-bond donors (Lipinski definition) is 2. The molecule has 0 bridgehead atoms. The number of rotatable bonds is 1. The third-order valence-electron chi connectivity index (χ3n) is 1.13. The van der Waals surface area contributed by atoms with Crippen LogP contribution in [-0.4, -0.2) is 10.8 Å². The Balaban J connectivity index is 0. The quantitative estimate of drug-likeness (QED) is 0.534. The molecule has 0 aromatic carbocycles. The molecule has 0 unspecified atom stereocenters. The van der Waals surface area contributed by atoms with Crippen LogP contribution in [0.3, 0.4) is 0 Å². The van der Waals surface area contributed by atoms with Crippen molar-refractivity contribution < 1.29 is 0 Å². The summed E-state index contributed by atoms with van der Waals surface area (Å²) in [6, 6.07) is 4.03. The van der Waals surface area contributed by atoms with Crippen LogP contribution in [0, 0.1) is 5.41 Å². The zero-order chi connectivity index (χ0) is 11.4. The molecule has 0 aliphatic rings. The Labute approximate surface area is 86.9 Å². The third-order valence-corrected chi connectivity index (χ3v) is 1.13. The Bertz CT molecular complexity index is 215. The fraction of sp³-hybridized carbons (Fsp3) is 0.455. The minimum atomic E-state index is 0.167. The van der Waals surface area contributed by atoms with Crippen molar-refractivity contribution in [2.75, 3.05) is 0 Å². The Kier molecular flexibility index (Phi) is 12.5. The second kappa shape index (κ2) is 11.6. The van der Waals surface area contributed by atoms with Gasteiger partial charge in [0.05, 0.1) is 5.84 Å². The lowest BCUT2D eigenvalue weighted by atomic mass is 10.2. The number of nitrogens with zero attached hydrogens (tertiary/aromatic N) is 1. The standard InChI is InChI=1S/C7H9N.C2H6N2.C2H6/c1-2-7-4-3-5-8-6-7;1-2(3)4;1-2/h3-6H,2H2,1H3;1H3,(H3,3,4);1-2H3. The molecule has 0 aliphatic heterocycles. The van der Waals surface area contributed by atoms with E-state index in [4.69, 9.17) is 11.1 Å². The van der Waals surface area contributed by atoms with Crippen LogP contribution < -0.4 is 5.73 Å². The minimum absolute atomic E-state index is 0.167. The molecule has 1 heterocycles. The van der Waals surface area contributed by atoms with Gasteiger partial charge in [0.15, 0.2) is 0 Å². The lowest BCUT2D eigenvalue weighted by Gasteiger charge is -1.88. The zero-order valence-electron chi connectivity index (χ0n) is 9.54. The normalized spacial score (nSPS) is 7.43. The van der Waals surface area contributed by atoms with Gasteiger partial charge in [0.2, 0.25) is 0 Å². The van der Waals surface area contributed by atoms with Gasteiger partial charge in [-0.3, -0.25) is 10.4 Å². The summed E-state index contributed by atoms with van der Waals surface area (Å²) >= 11 is 0. The van der Waals surface area contributed by atoms with E-state index in [2.05, 4.69) is 18.0 Å². The van der Waals surface area contributed by atoms with Crippen LogP contribution >= 0.6 is 0 Å². The van der Waals surface area contributed by atoms with Crippen LogP contribution in [0.2, 0.25) is 0 Å². The largest absolute Gasteiger partial charge is 0.388 e. The highest BCUT2D eigenvalue weighted by atomic mass is 14.7. The fourth-order valence-corrected chi connectivity index (χ4v) is 0.607. The van der Waals surface area contributed by atoms with Gasteiger partial charge in [0.1, 0.15) is 0 Å². The number of pyridine rings is 1. The topological polar surface area (TPSA) is 62.8 Å². The van der Waals surface area contributed by atoms with E-state index in [1.807, 2.05) is 26.1 Å². The van der Waals surface area contributed by atoms with E-state index in [1.165, 1.54) is 12.5 Å². The maximum absolute atomic E-state index is 6.28. The van der Waals surface area contributed by atoms with Gasteiger partial charge in [-0.15, -0.1) is 0 Å². The average molecular weight is 195 g/mol. The lowest BCUT2D eigenvalue weighted by molar-refractivity contribution is 1.10. The summed E-state index contributed by atoms with van der Waals surface area (Å²) in [5.74, 6) is 0.167. The van der Waals surface area contributed by atoms with Crippen molar-refractivity contribution in [2.45, 2.75) is 34.1 Å². The first-order valence-electron chi connectivity index (χ1n) is 4.86. The van der Waals surface area contributed by atoms with Crippen molar-refractivity contribution >= 4 is 5.84 Å². The second-order valence-electron chi connectivity index (χ2n) is 2.40. The highest BCUT2D eigenvalue weighted by Gasteiger charge is 1.81. The predicted molar refractivity (Wildman–Crippen MR) is 62.6 cm³/mol. The van der Waals surface area contributed by atoms with Gasteiger partial charge in [-0.2, -0.15) is 0 Å². The van der Waals surface area contributed by atoms with Gasteiger partial charge in [-0.25, -0.2) is 0 Å². The minimum Gasteiger partial charge on any atom is -0.388 e. The summed E-state index contributed by atoms with van der Waals surface area (Å²) in [7, 11) is 0. The molecule has 0 saturated heterocycles. The number of nitrogens with one attached hydrogen (secondary N) is 1. The molecule has 80 valence electrons. The summed E-state index contributed by atoms with van der Waals surface area (Å²) in [5.41, 5.74) is 5.99. The molecule has 0 spiro atoms. The van der Waals surface area contributed by atoms with Crippen LogP contribution in [0.1, 0.15) is 33.3 Å². The molecule has 0 atom stereocenters. The average Bonchev–Trinajstić information content (AvgIpc) is 2.21. The van der Waals surface area contributed by atoms with Crippen LogP contribution in [0.15, 0.2) is 24.5 Å². The Morgan fingerprint density at radius 1 is 1.50 bits per heavy atom. The molecule has 3 heteroatoms. The molecule has 1 aromatic heterocycles. The fourth-order valence-electron chi connectivity index (χ4n) is 0.607. The molecule has 0 amide bonds. The van der Waals surface area contributed by atoms with E-state index in [0.29, 0.717) is 0 Å². The first kappa shape index (κ1) is 15.1. The van der Waals surface area contributed by atoms with Gasteiger partial charge >= 0.3 is 0 Å². The van der Waals surface area contributed by atoms with Gasteiger partial charge in [-0.1, -0.05) is 26.8 Å². The summed E-state index contributed by atoms with van der Waals surface area (Å²) < 4.78 is 0. The molecule has 0 fully saturated rings. The zero-order valence-corrected chi connectivity index (χ0v) is 9.54. The molecular formula is C11H21N3. The smallest absolute Gasteiger partial charge is 0.0873 e. The molecule has 0 aliphatic carbocycles. The van der Waals surface area contributed by atoms with Crippen molar-refractivity contribution in [3.05, 3.63) is 30.1 Å². The number of hydrogen-bond acceptors (Lipinski definition) is 2. The van der Waals surface area contributed by atoms with E-state index < -0.39 is 0 Å². The van der Waals surface area contributed by atoms with Gasteiger partial charge in [0, 0.05) is 12.4 Å². The van der Waals surface area contributed by atoms with Crippen LogP contribution in [-0.2, 0) is 6.42 Å². The van der Waals surface area contributed by atoms with Gasteiger partial charge in [-0.05, 0) is 25.0 Å². The lowest BCUT2D eigenvalue weighted by Crippen LogP contribution is -2.00. The first-order valence-corrected chi connectivity index (χ1v) is 4.86. The molecule has 14 heavy (non-hydrogen) atoms. The Hall–Kier alpha value is -1.38. The first-order chi connectivity index (χ1) is 6.66. The monoisotopic (exact) mass is 195 g/mol. The van der Waals surface area contributed by atoms with E-state index in [-0.39, 0.29) is 5.84 Å². The highest BCUT2D eigenvalue weighted by molar-refractivity contribution is 5.73. The Morgan fingerprint density at radius 3 is 2.21 bits per heavy atom. The highest BCUT2D eigenvalue weighted by Crippen LogP contribution is 1.93. The van der Waals surface area contributed by atoms with Crippen molar-refractivity contribution in [3.8, 4) is 0 Å².